The number of benzene rings is 2. The summed E-state index contributed by atoms with van der Waals surface area (Å²) >= 11 is 11.8. The summed E-state index contributed by atoms with van der Waals surface area (Å²) in [7, 11) is 0. The second kappa shape index (κ2) is 6.63. The number of carbonyl (C=O) groups is 3. The van der Waals surface area contributed by atoms with Gasteiger partial charge in [0.1, 0.15) is 5.02 Å². The van der Waals surface area contributed by atoms with Crippen molar-refractivity contribution in [1.82, 2.24) is 0 Å². The quantitative estimate of drug-likeness (QED) is 0.471. The van der Waals surface area contributed by atoms with Crippen molar-refractivity contribution in [3.05, 3.63) is 58.1 Å². The van der Waals surface area contributed by atoms with E-state index in [1.807, 2.05) is 0 Å². The van der Waals surface area contributed by atoms with Crippen molar-refractivity contribution in [2.24, 2.45) is 0 Å². The summed E-state index contributed by atoms with van der Waals surface area (Å²) in [4.78, 5) is 36.7. The first-order chi connectivity index (χ1) is 11.5. The maximum atomic E-state index is 12.2. The Kier molecular flexibility index (Phi) is 4.55. The van der Waals surface area contributed by atoms with Gasteiger partial charge in [-0.05, 0) is 36.4 Å². The number of imide groups is 1. The first kappa shape index (κ1) is 16.5. The van der Waals surface area contributed by atoms with Crippen molar-refractivity contribution in [3.8, 4) is 5.75 Å². The van der Waals surface area contributed by atoms with Crippen LogP contribution in [0.4, 0.5) is 5.69 Å². The largest absolute Gasteiger partial charge is 0.421 e. The number of rotatable bonds is 3. The molecule has 1 fully saturated rings. The number of hydrogen-bond acceptors (Lipinski definition) is 4. The molecule has 1 aliphatic rings. The minimum absolute atomic E-state index is 0.150. The molecule has 5 nitrogen and oxygen atoms in total. The average molecular weight is 364 g/mol. The third-order valence-corrected chi connectivity index (χ3v) is 4.33. The molecule has 7 heteroatoms. The van der Waals surface area contributed by atoms with E-state index < -0.39 is 5.97 Å². The fourth-order valence-electron chi connectivity index (χ4n) is 2.33. The molecule has 1 heterocycles. The minimum atomic E-state index is -0.621. The fourth-order valence-corrected chi connectivity index (χ4v) is 2.66. The molecule has 1 aliphatic heterocycles. The SMILES string of the molecule is O=C(Oc1cccc(Cl)c1Cl)c1ccc(N2C(=O)CCC2=O)cc1. The second-order valence-corrected chi connectivity index (χ2v) is 5.90. The summed E-state index contributed by atoms with van der Waals surface area (Å²) in [6, 6.07) is 10.7. The topological polar surface area (TPSA) is 63.7 Å². The van der Waals surface area contributed by atoms with Gasteiger partial charge in [-0.25, -0.2) is 4.79 Å². The number of anilines is 1. The van der Waals surface area contributed by atoms with Crippen molar-refractivity contribution in [2.75, 3.05) is 4.90 Å². The monoisotopic (exact) mass is 363 g/mol. The average Bonchev–Trinajstić information content (AvgIpc) is 2.91. The van der Waals surface area contributed by atoms with Gasteiger partial charge < -0.3 is 4.74 Å². The maximum Gasteiger partial charge on any atom is 0.343 e. The molecule has 0 aromatic heterocycles. The molecule has 0 unspecified atom stereocenters. The Balaban J connectivity index is 1.78. The highest BCUT2D eigenvalue weighted by molar-refractivity contribution is 6.43. The van der Waals surface area contributed by atoms with Gasteiger partial charge in [-0.15, -0.1) is 0 Å². The van der Waals surface area contributed by atoms with Crippen LogP contribution in [-0.4, -0.2) is 17.8 Å². The van der Waals surface area contributed by atoms with Crippen molar-refractivity contribution < 1.29 is 19.1 Å². The highest BCUT2D eigenvalue weighted by Gasteiger charge is 2.30. The van der Waals surface area contributed by atoms with Crippen molar-refractivity contribution in [3.63, 3.8) is 0 Å². The lowest BCUT2D eigenvalue weighted by molar-refractivity contribution is -0.121. The lowest BCUT2D eigenvalue weighted by Gasteiger charge is -2.14. The highest BCUT2D eigenvalue weighted by atomic mass is 35.5. The summed E-state index contributed by atoms with van der Waals surface area (Å²) in [6.45, 7) is 0. The zero-order valence-corrected chi connectivity index (χ0v) is 13.8. The van der Waals surface area contributed by atoms with Gasteiger partial charge in [-0.1, -0.05) is 29.3 Å². The Morgan fingerprint density at radius 2 is 1.58 bits per heavy atom. The normalized spacial score (nSPS) is 14.2. The molecule has 0 saturated carbocycles. The van der Waals surface area contributed by atoms with Gasteiger partial charge in [0.2, 0.25) is 11.8 Å². The summed E-state index contributed by atoms with van der Waals surface area (Å²) in [6.07, 6.45) is 0.409. The van der Waals surface area contributed by atoms with Gasteiger partial charge in [-0.3, -0.25) is 14.5 Å². The van der Waals surface area contributed by atoms with Gasteiger partial charge in [0, 0.05) is 12.8 Å². The first-order valence-corrected chi connectivity index (χ1v) is 7.85. The number of halogens is 2. The predicted octanol–water partition coefficient (Wildman–Crippen LogP) is 3.87. The van der Waals surface area contributed by atoms with Crippen LogP contribution in [0.1, 0.15) is 23.2 Å². The van der Waals surface area contributed by atoms with E-state index in [1.165, 1.54) is 30.3 Å². The zero-order valence-electron chi connectivity index (χ0n) is 12.3. The van der Waals surface area contributed by atoms with Crippen LogP contribution in [0.2, 0.25) is 10.0 Å². The molecule has 0 bridgehead atoms. The van der Waals surface area contributed by atoms with Crippen molar-refractivity contribution in [1.29, 1.82) is 0 Å². The van der Waals surface area contributed by atoms with E-state index in [2.05, 4.69) is 0 Å². The molecule has 0 radical (unpaired) electrons. The number of amides is 2. The molecular weight excluding hydrogens is 353 g/mol. The summed E-state index contributed by atoms with van der Waals surface area (Å²) in [5.41, 5.74) is 0.689. The molecule has 0 aliphatic carbocycles. The number of ether oxygens (including phenoxy) is 1. The van der Waals surface area contributed by atoms with Gasteiger partial charge in [0.15, 0.2) is 5.75 Å². The summed E-state index contributed by atoms with van der Waals surface area (Å²) < 4.78 is 5.22. The van der Waals surface area contributed by atoms with E-state index >= 15 is 0 Å². The fraction of sp³-hybridized carbons (Fsp3) is 0.118. The van der Waals surface area contributed by atoms with Gasteiger partial charge >= 0.3 is 5.97 Å². The Bertz CT molecular complexity index is 817. The van der Waals surface area contributed by atoms with E-state index in [1.54, 1.807) is 12.1 Å². The van der Waals surface area contributed by atoms with E-state index in [0.29, 0.717) is 5.69 Å². The molecule has 0 spiro atoms. The summed E-state index contributed by atoms with van der Waals surface area (Å²) in [5.74, 6) is -0.963. The molecule has 0 atom stereocenters. The van der Waals surface area contributed by atoms with Crippen LogP contribution in [0, 0.1) is 0 Å². The van der Waals surface area contributed by atoms with E-state index in [4.69, 9.17) is 27.9 Å². The Hall–Kier alpha value is -2.37. The smallest absolute Gasteiger partial charge is 0.343 e. The molecule has 1 saturated heterocycles. The molecule has 2 amide bonds. The van der Waals surface area contributed by atoms with E-state index in [0.717, 1.165) is 4.90 Å². The van der Waals surface area contributed by atoms with Crippen LogP contribution in [-0.2, 0) is 9.59 Å². The van der Waals surface area contributed by atoms with Gasteiger partial charge in [0.25, 0.3) is 0 Å². The molecule has 24 heavy (non-hydrogen) atoms. The number of carbonyl (C=O) groups excluding carboxylic acids is 3. The van der Waals surface area contributed by atoms with Crippen LogP contribution >= 0.6 is 23.2 Å². The third-order valence-electron chi connectivity index (χ3n) is 3.53. The summed E-state index contributed by atoms with van der Waals surface area (Å²) in [5, 5.41) is 0.431. The first-order valence-electron chi connectivity index (χ1n) is 7.09. The zero-order chi connectivity index (χ0) is 17.3. The molecule has 122 valence electrons. The standard InChI is InChI=1S/C17H11Cl2NO4/c18-12-2-1-3-13(16(12)19)24-17(23)10-4-6-11(7-5-10)20-14(21)8-9-15(20)22/h1-7H,8-9H2. The highest BCUT2D eigenvalue weighted by Crippen LogP contribution is 2.32. The number of nitrogens with zero attached hydrogens (tertiary/aromatic N) is 1. The maximum absolute atomic E-state index is 12.2. The lowest BCUT2D eigenvalue weighted by atomic mass is 10.2. The van der Waals surface area contributed by atoms with Crippen LogP contribution in [0.15, 0.2) is 42.5 Å². The van der Waals surface area contributed by atoms with Gasteiger partial charge in [0.05, 0.1) is 16.3 Å². The van der Waals surface area contributed by atoms with Crippen molar-refractivity contribution in [2.45, 2.75) is 12.8 Å². The number of hydrogen-bond donors (Lipinski definition) is 0. The van der Waals surface area contributed by atoms with Crippen LogP contribution in [0.5, 0.6) is 5.75 Å². The molecule has 0 N–H and O–H groups in total. The van der Waals surface area contributed by atoms with E-state index in [-0.39, 0.29) is 46.0 Å². The molecule has 2 aromatic rings. The Morgan fingerprint density at radius 1 is 0.958 bits per heavy atom. The van der Waals surface area contributed by atoms with Crippen molar-refractivity contribution >= 4 is 46.7 Å². The molecule has 3 rings (SSSR count). The Morgan fingerprint density at radius 3 is 2.21 bits per heavy atom. The molecular formula is C17H11Cl2NO4. The lowest BCUT2D eigenvalue weighted by Crippen LogP contribution is -2.28. The third kappa shape index (κ3) is 3.13. The van der Waals surface area contributed by atoms with Crippen LogP contribution in [0.25, 0.3) is 0 Å². The van der Waals surface area contributed by atoms with Gasteiger partial charge in [-0.2, -0.15) is 0 Å². The second-order valence-electron chi connectivity index (χ2n) is 5.11. The predicted molar refractivity (Wildman–Crippen MR) is 89.6 cm³/mol. The van der Waals surface area contributed by atoms with Crippen LogP contribution in [0.3, 0.4) is 0 Å². The molecule has 2 aromatic carbocycles. The Labute approximate surface area is 147 Å². The number of esters is 1. The van der Waals surface area contributed by atoms with E-state index in [9.17, 15) is 14.4 Å². The minimum Gasteiger partial charge on any atom is -0.421 e. The van der Waals surface area contributed by atoms with Crippen LogP contribution < -0.4 is 9.64 Å².